The first kappa shape index (κ1) is 15.3. The number of hydrogen-bond acceptors (Lipinski definition) is 2. The zero-order valence-electron chi connectivity index (χ0n) is 13.8. The van der Waals surface area contributed by atoms with Crippen molar-refractivity contribution in [3.8, 4) is 0 Å². The van der Waals surface area contributed by atoms with Gasteiger partial charge in [0.2, 0.25) is 5.91 Å². The van der Waals surface area contributed by atoms with Crippen LogP contribution in [0.2, 0.25) is 0 Å². The van der Waals surface area contributed by atoms with Crippen LogP contribution in [-0.4, -0.2) is 20.4 Å². The summed E-state index contributed by atoms with van der Waals surface area (Å²) in [5, 5.41) is 3.01. The van der Waals surface area contributed by atoms with Crippen molar-refractivity contribution in [1.29, 1.82) is 0 Å². The van der Waals surface area contributed by atoms with Crippen molar-refractivity contribution in [2.24, 2.45) is 0 Å². The van der Waals surface area contributed by atoms with E-state index in [0.29, 0.717) is 13.0 Å². The van der Waals surface area contributed by atoms with E-state index in [4.69, 9.17) is 0 Å². The van der Waals surface area contributed by atoms with Gasteiger partial charge < -0.3 is 14.9 Å². The first-order valence-corrected chi connectivity index (χ1v) is 7.91. The average Bonchev–Trinajstić information content (AvgIpc) is 3.09. The summed E-state index contributed by atoms with van der Waals surface area (Å²) in [4.78, 5) is 20.0. The van der Waals surface area contributed by atoms with E-state index in [1.54, 1.807) is 0 Å². The van der Waals surface area contributed by atoms with Gasteiger partial charge in [-0.3, -0.25) is 4.79 Å². The number of hydrogen-bond donors (Lipinski definition) is 2. The van der Waals surface area contributed by atoms with Gasteiger partial charge in [-0.25, -0.2) is 4.98 Å². The third-order valence-electron chi connectivity index (χ3n) is 4.18. The van der Waals surface area contributed by atoms with Crippen molar-refractivity contribution in [3.63, 3.8) is 0 Å². The molecule has 1 aromatic carbocycles. The first-order valence-electron chi connectivity index (χ1n) is 7.91. The number of rotatable bonds is 5. The fourth-order valence-corrected chi connectivity index (χ4v) is 2.82. The highest BCUT2D eigenvalue weighted by molar-refractivity contribution is 5.77. The van der Waals surface area contributed by atoms with Crippen molar-refractivity contribution >= 4 is 16.9 Å². The molecule has 2 aromatic heterocycles. The highest BCUT2D eigenvalue weighted by Gasteiger charge is 2.14. The number of carbonyl (C=O) groups is 1. The monoisotopic (exact) mass is 310 g/mol. The van der Waals surface area contributed by atoms with Crippen LogP contribution in [0.25, 0.3) is 11.0 Å². The quantitative estimate of drug-likeness (QED) is 0.760. The number of nitrogens with one attached hydrogen (secondary N) is 2. The summed E-state index contributed by atoms with van der Waals surface area (Å²) in [6.45, 7) is 6.76. The van der Waals surface area contributed by atoms with Crippen molar-refractivity contribution in [1.82, 2.24) is 19.9 Å². The van der Waals surface area contributed by atoms with E-state index in [1.165, 1.54) is 11.4 Å². The maximum atomic E-state index is 12.2. The molecule has 0 aliphatic heterocycles. The van der Waals surface area contributed by atoms with Crippen LogP contribution in [0.4, 0.5) is 0 Å². The molecule has 2 N–H and O–H groups in total. The number of aryl methyl sites for hydroxylation is 2. The molecule has 0 radical (unpaired) electrons. The van der Waals surface area contributed by atoms with Crippen LogP contribution in [0.3, 0.4) is 0 Å². The molecule has 3 aromatic rings. The molecule has 0 unspecified atom stereocenters. The predicted molar refractivity (Wildman–Crippen MR) is 91.2 cm³/mol. The molecule has 0 saturated carbocycles. The van der Waals surface area contributed by atoms with Crippen LogP contribution in [0.5, 0.6) is 0 Å². The molecule has 0 aliphatic carbocycles. The second kappa shape index (κ2) is 6.28. The molecule has 3 rings (SSSR count). The second-order valence-electron chi connectivity index (χ2n) is 5.95. The molecular weight excluding hydrogens is 288 g/mol. The number of aromatic amines is 1. The summed E-state index contributed by atoms with van der Waals surface area (Å²) in [5.74, 6) is 0.818. The largest absolute Gasteiger partial charge is 0.349 e. The summed E-state index contributed by atoms with van der Waals surface area (Å²) in [5.41, 5.74) is 4.27. The van der Waals surface area contributed by atoms with E-state index >= 15 is 0 Å². The van der Waals surface area contributed by atoms with Gasteiger partial charge >= 0.3 is 0 Å². The Morgan fingerprint density at radius 3 is 2.61 bits per heavy atom. The van der Waals surface area contributed by atoms with E-state index < -0.39 is 0 Å². The molecule has 2 heterocycles. The molecule has 1 amide bonds. The van der Waals surface area contributed by atoms with Gasteiger partial charge in [-0.2, -0.15) is 0 Å². The van der Waals surface area contributed by atoms with Crippen molar-refractivity contribution in [3.05, 3.63) is 53.6 Å². The van der Waals surface area contributed by atoms with E-state index in [-0.39, 0.29) is 11.9 Å². The highest BCUT2D eigenvalue weighted by atomic mass is 16.1. The normalized spacial score (nSPS) is 12.5. The van der Waals surface area contributed by atoms with Gasteiger partial charge in [0.05, 0.1) is 17.1 Å². The lowest BCUT2D eigenvalue weighted by Gasteiger charge is -2.13. The predicted octanol–water partition coefficient (Wildman–Crippen LogP) is 3.25. The Kier molecular flexibility index (Phi) is 4.19. The molecule has 5 heteroatoms. The minimum atomic E-state index is -0.137. The van der Waals surface area contributed by atoms with Gasteiger partial charge in [-0.05, 0) is 45.0 Å². The molecule has 0 bridgehead atoms. The Morgan fingerprint density at radius 1 is 1.22 bits per heavy atom. The summed E-state index contributed by atoms with van der Waals surface area (Å²) in [6.07, 6.45) is 0.459. The minimum absolute atomic E-state index is 0.0328. The maximum absolute atomic E-state index is 12.2. The molecular formula is C18H22N4O. The topological polar surface area (TPSA) is 62.7 Å². The molecule has 1 atom stereocenters. The number of aromatic nitrogens is 3. The second-order valence-corrected chi connectivity index (χ2v) is 5.95. The smallest absolute Gasteiger partial charge is 0.222 e. The van der Waals surface area contributed by atoms with Gasteiger partial charge in [0, 0.05) is 24.4 Å². The molecule has 23 heavy (non-hydrogen) atoms. The minimum Gasteiger partial charge on any atom is -0.349 e. The van der Waals surface area contributed by atoms with Crippen LogP contribution >= 0.6 is 0 Å². The SMILES string of the molecule is Cc1ccc(C)n1CCC(=O)N[C@H](C)c1nc2ccccc2[nH]1. The highest BCUT2D eigenvalue weighted by Crippen LogP contribution is 2.15. The molecule has 0 spiro atoms. The van der Waals surface area contributed by atoms with Crippen LogP contribution in [0.15, 0.2) is 36.4 Å². The molecule has 120 valence electrons. The number of amides is 1. The van der Waals surface area contributed by atoms with Gasteiger partial charge in [0.25, 0.3) is 0 Å². The lowest BCUT2D eigenvalue weighted by atomic mass is 10.3. The number of nitrogens with zero attached hydrogens (tertiary/aromatic N) is 2. The fourth-order valence-electron chi connectivity index (χ4n) is 2.82. The first-order chi connectivity index (χ1) is 11.0. The van der Waals surface area contributed by atoms with Crippen LogP contribution < -0.4 is 5.32 Å². The number of para-hydroxylation sites is 2. The summed E-state index contributed by atoms with van der Waals surface area (Å²) < 4.78 is 2.16. The number of benzene rings is 1. The Morgan fingerprint density at radius 2 is 1.91 bits per heavy atom. The van der Waals surface area contributed by atoms with Crippen LogP contribution in [0.1, 0.15) is 36.6 Å². The maximum Gasteiger partial charge on any atom is 0.222 e. The average molecular weight is 310 g/mol. The number of fused-ring (bicyclic) bond motifs is 1. The Labute approximate surface area is 135 Å². The molecule has 0 saturated heterocycles. The third-order valence-corrected chi connectivity index (χ3v) is 4.18. The Balaban J connectivity index is 1.61. The van der Waals surface area contributed by atoms with E-state index in [2.05, 4.69) is 45.8 Å². The summed E-state index contributed by atoms with van der Waals surface area (Å²) in [6, 6.07) is 11.9. The number of imidazole rings is 1. The van der Waals surface area contributed by atoms with Gasteiger partial charge in [-0.1, -0.05) is 12.1 Å². The van der Waals surface area contributed by atoms with Crippen molar-refractivity contribution in [2.45, 2.75) is 39.8 Å². The zero-order chi connectivity index (χ0) is 16.4. The lowest BCUT2D eigenvalue weighted by Crippen LogP contribution is -2.28. The van der Waals surface area contributed by atoms with Gasteiger partial charge in [0.1, 0.15) is 5.82 Å². The zero-order valence-corrected chi connectivity index (χ0v) is 13.8. The Bertz CT molecular complexity index is 778. The van der Waals surface area contributed by atoms with E-state index in [1.807, 2.05) is 31.2 Å². The molecule has 0 aliphatic rings. The number of H-pyrrole nitrogens is 1. The summed E-state index contributed by atoms with van der Waals surface area (Å²) in [7, 11) is 0. The van der Waals surface area contributed by atoms with E-state index in [9.17, 15) is 4.79 Å². The lowest BCUT2D eigenvalue weighted by molar-refractivity contribution is -0.122. The molecule has 0 fully saturated rings. The van der Waals surface area contributed by atoms with E-state index in [0.717, 1.165) is 16.9 Å². The third kappa shape index (κ3) is 3.28. The fraction of sp³-hybridized carbons (Fsp3) is 0.333. The summed E-state index contributed by atoms with van der Waals surface area (Å²) >= 11 is 0. The van der Waals surface area contributed by atoms with Crippen LogP contribution in [0, 0.1) is 13.8 Å². The Hall–Kier alpha value is -2.56. The van der Waals surface area contributed by atoms with Gasteiger partial charge in [-0.15, -0.1) is 0 Å². The molecule has 5 nitrogen and oxygen atoms in total. The number of carbonyl (C=O) groups excluding carboxylic acids is 1. The standard InChI is InChI=1S/C18H22N4O/c1-12-8-9-13(2)22(12)11-10-17(23)19-14(3)18-20-15-6-4-5-7-16(15)21-18/h4-9,14H,10-11H2,1-3H3,(H,19,23)(H,20,21)/t14-/m1/s1. The van der Waals surface area contributed by atoms with Gasteiger partial charge in [0.15, 0.2) is 0 Å². The van der Waals surface area contributed by atoms with Crippen LogP contribution in [-0.2, 0) is 11.3 Å². The van der Waals surface area contributed by atoms with Crippen molar-refractivity contribution < 1.29 is 4.79 Å². The van der Waals surface area contributed by atoms with Crippen molar-refractivity contribution in [2.75, 3.05) is 0 Å².